The van der Waals surface area contributed by atoms with Crippen molar-refractivity contribution in [2.24, 2.45) is 0 Å². The third-order valence-corrected chi connectivity index (χ3v) is 5.35. The molecule has 0 spiro atoms. The highest BCUT2D eigenvalue weighted by Gasteiger charge is 2.43. The average Bonchev–Trinajstić information content (AvgIpc) is 2.15. The van der Waals surface area contributed by atoms with E-state index in [1.807, 2.05) is 6.92 Å². The minimum absolute atomic E-state index is 0.514. The molecule has 0 saturated heterocycles. The van der Waals surface area contributed by atoms with Crippen LogP contribution >= 0.6 is 0 Å². The fraction of sp³-hybridized carbons (Fsp3) is 0.818. The van der Waals surface area contributed by atoms with Gasteiger partial charge in [0.25, 0.3) is 0 Å². The van der Waals surface area contributed by atoms with Crippen molar-refractivity contribution in [3.05, 3.63) is 0 Å². The minimum Gasteiger partial charge on any atom is -0.480 e. The maximum atomic E-state index is 11.8. The normalized spacial score (nSPS) is 13.2. The predicted octanol–water partition coefficient (Wildman–Crippen LogP) is 0.569. The van der Waals surface area contributed by atoms with Crippen molar-refractivity contribution < 1.29 is 23.1 Å². The lowest BCUT2D eigenvalue weighted by Gasteiger charge is -2.26. The molecular formula is C11H21NO5S. The van der Waals surface area contributed by atoms with Gasteiger partial charge in [0.05, 0.1) is 0 Å². The van der Waals surface area contributed by atoms with Crippen molar-refractivity contribution in [3.63, 3.8) is 0 Å². The number of aliphatic carboxylic acids is 1. The Hall–Kier alpha value is -1.11. The van der Waals surface area contributed by atoms with E-state index in [2.05, 4.69) is 5.32 Å². The Morgan fingerprint density at radius 3 is 1.94 bits per heavy atom. The average molecular weight is 279 g/mol. The summed E-state index contributed by atoms with van der Waals surface area (Å²) < 4.78 is 21.7. The Morgan fingerprint density at radius 1 is 1.17 bits per heavy atom. The quantitative estimate of drug-likeness (QED) is 0.740. The lowest BCUT2D eigenvalue weighted by molar-refractivity contribution is -0.139. The van der Waals surface area contributed by atoms with Gasteiger partial charge in [-0.15, -0.1) is 0 Å². The van der Waals surface area contributed by atoms with Crippen LogP contribution in [0.4, 0.5) is 0 Å². The van der Waals surface area contributed by atoms with E-state index in [1.54, 1.807) is 13.8 Å². The first-order valence-electron chi connectivity index (χ1n) is 5.62. The summed E-state index contributed by atoms with van der Waals surface area (Å²) in [5, 5.41) is 11.4. The highest BCUT2D eigenvalue weighted by Crippen LogP contribution is 2.18. The van der Waals surface area contributed by atoms with Gasteiger partial charge >= 0.3 is 5.97 Å². The zero-order valence-electron chi connectivity index (χ0n) is 11.4. The first-order valence-corrected chi connectivity index (χ1v) is 7.27. The van der Waals surface area contributed by atoms with E-state index in [0.717, 1.165) is 13.8 Å². The molecule has 2 N–H and O–H groups in total. The van der Waals surface area contributed by atoms with Crippen molar-refractivity contribution in [2.45, 2.75) is 51.3 Å². The zero-order chi connectivity index (χ0) is 14.8. The van der Waals surface area contributed by atoms with Crippen LogP contribution in [0.1, 0.15) is 41.0 Å². The van der Waals surface area contributed by atoms with Gasteiger partial charge in [-0.3, -0.25) is 9.59 Å². The molecule has 0 fully saturated rings. The first-order chi connectivity index (χ1) is 7.85. The van der Waals surface area contributed by atoms with Crippen LogP contribution < -0.4 is 5.32 Å². The molecule has 0 bridgehead atoms. The van der Waals surface area contributed by atoms with Gasteiger partial charge in [-0.25, -0.2) is 8.42 Å². The van der Waals surface area contributed by atoms with Crippen molar-refractivity contribution in [1.29, 1.82) is 0 Å². The van der Waals surface area contributed by atoms with E-state index in [4.69, 9.17) is 5.11 Å². The molecule has 0 aliphatic heterocycles. The molecule has 0 aliphatic carbocycles. The number of sulfone groups is 1. The van der Waals surface area contributed by atoms with Crippen LogP contribution in [0.5, 0.6) is 0 Å². The molecule has 1 amide bonds. The summed E-state index contributed by atoms with van der Waals surface area (Å²) in [5.41, 5.74) is -0.514. The van der Waals surface area contributed by atoms with Gasteiger partial charge < -0.3 is 10.4 Å². The largest absolute Gasteiger partial charge is 0.480 e. The van der Waals surface area contributed by atoms with Gasteiger partial charge in [0.15, 0.2) is 14.6 Å². The molecule has 6 nitrogen and oxygen atoms in total. The Morgan fingerprint density at radius 2 is 1.61 bits per heavy atom. The summed E-state index contributed by atoms with van der Waals surface area (Å²) in [6.45, 7) is 7.53. The summed E-state index contributed by atoms with van der Waals surface area (Å²) in [4.78, 5) is 22.5. The second-order valence-electron chi connectivity index (χ2n) is 5.36. The Labute approximate surface area is 108 Å². The highest BCUT2D eigenvalue weighted by atomic mass is 32.2. The van der Waals surface area contributed by atoms with Crippen LogP contribution in [0.25, 0.3) is 0 Å². The van der Waals surface area contributed by atoms with Crippen LogP contribution in [-0.2, 0) is 19.4 Å². The van der Waals surface area contributed by atoms with E-state index < -0.39 is 37.8 Å². The molecule has 0 atom stereocenters. The fourth-order valence-electron chi connectivity index (χ4n) is 0.988. The lowest BCUT2D eigenvalue weighted by Crippen LogP contribution is -2.49. The Kier molecular flexibility index (Phi) is 4.93. The van der Waals surface area contributed by atoms with Gasteiger partial charge in [-0.2, -0.15) is 0 Å². The van der Waals surface area contributed by atoms with E-state index in [-0.39, 0.29) is 0 Å². The topological polar surface area (TPSA) is 101 Å². The number of rotatable bonds is 6. The molecule has 0 rings (SSSR count). The highest BCUT2D eigenvalue weighted by molar-refractivity contribution is 7.94. The number of carbonyl (C=O) groups is 2. The molecule has 0 aromatic rings. The van der Waals surface area contributed by atoms with Crippen molar-refractivity contribution in [3.8, 4) is 0 Å². The first kappa shape index (κ1) is 16.9. The van der Waals surface area contributed by atoms with Crippen LogP contribution in [0.15, 0.2) is 0 Å². The number of carbonyl (C=O) groups excluding carboxylic acids is 1. The number of nitrogens with one attached hydrogen (secondary N) is 1. The number of carboxylic acids is 1. The molecule has 7 heteroatoms. The maximum Gasteiger partial charge on any atom is 0.324 e. The number of amides is 1. The summed E-state index contributed by atoms with van der Waals surface area (Å²) >= 11 is 0. The summed E-state index contributed by atoms with van der Waals surface area (Å²) in [7, 11) is -4.05. The van der Waals surface area contributed by atoms with Gasteiger partial charge in [0.1, 0.15) is 5.75 Å². The van der Waals surface area contributed by atoms with Gasteiger partial charge in [-0.05, 0) is 34.1 Å². The van der Waals surface area contributed by atoms with Crippen molar-refractivity contribution in [2.75, 3.05) is 5.75 Å². The smallest absolute Gasteiger partial charge is 0.324 e. The third kappa shape index (κ3) is 3.97. The SMILES string of the molecule is CCC(C)(C)NC(=O)CS(=O)(=O)C(C)(C)C(=O)O. The molecule has 18 heavy (non-hydrogen) atoms. The lowest BCUT2D eigenvalue weighted by atomic mass is 10.0. The standard InChI is InChI=1S/C11H21NO5S/c1-6-10(2,3)12-8(13)7-18(16,17)11(4,5)9(14)15/h6-7H2,1-5H3,(H,12,13)(H,14,15). The molecule has 0 heterocycles. The number of hydrogen-bond donors (Lipinski definition) is 2. The maximum absolute atomic E-state index is 11.8. The van der Waals surface area contributed by atoms with Crippen LogP contribution in [-0.4, -0.2) is 41.4 Å². The zero-order valence-corrected chi connectivity index (χ0v) is 12.2. The summed E-state index contributed by atoms with van der Waals surface area (Å²) in [5.74, 6) is -2.98. The molecule has 0 aromatic carbocycles. The second kappa shape index (κ2) is 5.26. The molecule has 0 radical (unpaired) electrons. The van der Waals surface area contributed by atoms with Crippen molar-refractivity contribution in [1.82, 2.24) is 5.32 Å². The molecule has 0 aromatic heterocycles. The Bertz CT molecular complexity index is 436. The van der Waals surface area contributed by atoms with E-state index in [9.17, 15) is 18.0 Å². The number of hydrogen-bond acceptors (Lipinski definition) is 4. The molecule has 0 unspecified atom stereocenters. The monoisotopic (exact) mass is 279 g/mol. The van der Waals surface area contributed by atoms with E-state index in [1.165, 1.54) is 0 Å². The third-order valence-electron chi connectivity index (χ3n) is 2.98. The summed E-state index contributed by atoms with van der Waals surface area (Å²) in [6, 6.07) is 0. The second-order valence-corrected chi connectivity index (χ2v) is 7.90. The minimum atomic E-state index is -4.05. The van der Waals surface area contributed by atoms with Crippen LogP contribution in [0, 0.1) is 0 Å². The number of carboxylic acid groups (broad SMARTS) is 1. The van der Waals surface area contributed by atoms with Crippen molar-refractivity contribution >= 4 is 21.7 Å². The van der Waals surface area contributed by atoms with E-state index in [0.29, 0.717) is 6.42 Å². The predicted molar refractivity (Wildman–Crippen MR) is 68.0 cm³/mol. The van der Waals surface area contributed by atoms with Crippen LogP contribution in [0.2, 0.25) is 0 Å². The summed E-state index contributed by atoms with van der Waals surface area (Å²) in [6.07, 6.45) is 0.640. The molecule has 0 saturated carbocycles. The molecule has 0 aliphatic rings. The Balaban J connectivity index is 4.92. The van der Waals surface area contributed by atoms with Gasteiger partial charge in [-0.1, -0.05) is 6.92 Å². The van der Waals surface area contributed by atoms with E-state index >= 15 is 0 Å². The molecular weight excluding hydrogens is 258 g/mol. The van der Waals surface area contributed by atoms with Gasteiger partial charge in [0.2, 0.25) is 5.91 Å². The molecule has 106 valence electrons. The van der Waals surface area contributed by atoms with Gasteiger partial charge in [0, 0.05) is 5.54 Å². The fourth-order valence-corrected chi connectivity index (χ4v) is 2.03. The van der Waals surface area contributed by atoms with Crippen LogP contribution in [0.3, 0.4) is 0 Å².